The third-order valence-corrected chi connectivity index (χ3v) is 4.47. The number of carbonyl (C=O) groups is 1. The first-order valence-corrected chi connectivity index (χ1v) is 8.35. The molecule has 0 heterocycles. The lowest BCUT2D eigenvalue weighted by molar-refractivity contribution is -0.121. The van der Waals surface area contributed by atoms with E-state index in [0.29, 0.717) is 12.0 Å². The molecule has 0 saturated carbocycles. The molecular weight excluding hydrogens is 276 g/mol. The Morgan fingerprint density at radius 1 is 1.15 bits per heavy atom. The Morgan fingerprint density at radius 2 is 1.85 bits per heavy atom. The van der Waals surface area contributed by atoms with E-state index in [4.69, 9.17) is 4.18 Å². The molecular formula is C15H22O4S. The van der Waals surface area contributed by atoms with E-state index in [9.17, 15) is 13.2 Å². The predicted octanol–water partition coefficient (Wildman–Crippen LogP) is 3.24. The average Bonchev–Trinajstić information content (AvgIpc) is 2.42. The van der Waals surface area contributed by atoms with E-state index in [1.807, 2.05) is 0 Å². The van der Waals surface area contributed by atoms with Crippen molar-refractivity contribution >= 4 is 15.9 Å². The molecule has 0 aliphatic rings. The van der Waals surface area contributed by atoms with Crippen molar-refractivity contribution in [2.45, 2.75) is 50.8 Å². The third kappa shape index (κ3) is 5.43. The molecule has 1 aromatic carbocycles. The highest BCUT2D eigenvalue weighted by Gasteiger charge is 2.18. The lowest BCUT2D eigenvalue weighted by atomic mass is 10.1. The molecule has 0 spiro atoms. The summed E-state index contributed by atoms with van der Waals surface area (Å²) in [7, 11) is -3.84. The topological polar surface area (TPSA) is 60.4 Å². The molecule has 0 fully saturated rings. The second-order valence-corrected chi connectivity index (χ2v) is 6.41. The third-order valence-electron chi connectivity index (χ3n) is 3.05. The highest BCUT2D eigenvalue weighted by atomic mass is 32.2. The number of rotatable bonds is 9. The first kappa shape index (κ1) is 16.9. The van der Waals surface area contributed by atoms with Gasteiger partial charge in [-0.2, -0.15) is 8.42 Å². The Morgan fingerprint density at radius 3 is 2.50 bits per heavy atom. The van der Waals surface area contributed by atoms with Gasteiger partial charge >= 0.3 is 0 Å². The monoisotopic (exact) mass is 298 g/mol. The summed E-state index contributed by atoms with van der Waals surface area (Å²) in [5, 5.41) is 0. The maximum absolute atomic E-state index is 12.0. The van der Waals surface area contributed by atoms with E-state index in [0.717, 1.165) is 25.7 Å². The van der Waals surface area contributed by atoms with E-state index in [1.54, 1.807) is 25.1 Å². The van der Waals surface area contributed by atoms with Crippen LogP contribution in [0.5, 0.6) is 0 Å². The first-order chi connectivity index (χ1) is 9.47. The summed E-state index contributed by atoms with van der Waals surface area (Å²) < 4.78 is 28.8. The van der Waals surface area contributed by atoms with Crippen LogP contribution in [0.3, 0.4) is 0 Å². The van der Waals surface area contributed by atoms with E-state index in [2.05, 4.69) is 6.92 Å². The molecule has 1 aromatic rings. The summed E-state index contributed by atoms with van der Waals surface area (Å²) in [6, 6.07) is 6.57. The zero-order chi connectivity index (χ0) is 15.0. The highest BCUT2D eigenvalue weighted by molar-refractivity contribution is 7.86. The van der Waals surface area contributed by atoms with Gasteiger partial charge in [0.2, 0.25) is 0 Å². The zero-order valence-corrected chi connectivity index (χ0v) is 12.9. The lowest BCUT2D eigenvalue weighted by Crippen LogP contribution is -2.15. The van der Waals surface area contributed by atoms with Crippen LogP contribution in [0.4, 0.5) is 0 Å². The van der Waals surface area contributed by atoms with Crippen molar-refractivity contribution < 1.29 is 17.4 Å². The van der Waals surface area contributed by atoms with Crippen LogP contribution in [0.25, 0.3) is 0 Å². The normalized spacial score (nSPS) is 11.5. The molecule has 0 bridgehead atoms. The summed E-state index contributed by atoms with van der Waals surface area (Å²) in [6.45, 7) is 3.42. The van der Waals surface area contributed by atoms with Gasteiger partial charge in [0.15, 0.2) is 5.78 Å². The number of ketones is 1. The van der Waals surface area contributed by atoms with Crippen LogP contribution in [0.1, 0.15) is 44.6 Å². The molecule has 0 saturated heterocycles. The van der Waals surface area contributed by atoms with E-state index in [1.165, 1.54) is 6.07 Å². The highest BCUT2D eigenvalue weighted by Crippen LogP contribution is 2.17. The summed E-state index contributed by atoms with van der Waals surface area (Å²) in [5.41, 5.74) is 0.614. The lowest BCUT2D eigenvalue weighted by Gasteiger charge is -2.07. The van der Waals surface area contributed by atoms with Crippen molar-refractivity contribution in [3.8, 4) is 0 Å². The van der Waals surface area contributed by atoms with Crippen LogP contribution in [0.15, 0.2) is 29.2 Å². The summed E-state index contributed by atoms with van der Waals surface area (Å²) >= 11 is 0. The van der Waals surface area contributed by atoms with Crippen molar-refractivity contribution in [2.24, 2.45) is 0 Å². The number of Topliss-reactive ketones (excluding diaryl/α,β-unsaturated/α-hetero) is 1. The average molecular weight is 298 g/mol. The molecule has 0 atom stereocenters. The minimum absolute atomic E-state index is 0.124. The van der Waals surface area contributed by atoms with E-state index in [-0.39, 0.29) is 17.3 Å². The molecule has 0 radical (unpaired) electrons. The van der Waals surface area contributed by atoms with Crippen LogP contribution in [-0.2, 0) is 19.1 Å². The smallest absolute Gasteiger partial charge is 0.297 e. The van der Waals surface area contributed by atoms with Crippen LogP contribution in [0.2, 0.25) is 0 Å². The van der Waals surface area contributed by atoms with Crippen molar-refractivity contribution in [1.29, 1.82) is 0 Å². The maximum atomic E-state index is 12.0. The Labute approximate surface area is 121 Å². The van der Waals surface area contributed by atoms with Gasteiger partial charge in [-0.25, -0.2) is 0 Å². The fourth-order valence-electron chi connectivity index (χ4n) is 1.86. The molecule has 1 rings (SSSR count). The van der Waals surface area contributed by atoms with Gasteiger partial charge in [-0.15, -0.1) is 0 Å². The Balaban J connectivity index is 2.48. The van der Waals surface area contributed by atoms with Crippen molar-refractivity contribution in [1.82, 2.24) is 0 Å². The van der Waals surface area contributed by atoms with Crippen molar-refractivity contribution in [3.05, 3.63) is 29.8 Å². The number of hydrogen-bond donors (Lipinski definition) is 0. The molecule has 0 N–H and O–H groups in total. The van der Waals surface area contributed by atoms with Crippen LogP contribution < -0.4 is 0 Å². The van der Waals surface area contributed by atoms with Gasteiger partial charge in [-0.05, 0) is 25.0 Å². The molecule has 0 aromatic heterocycles. The zero-order valence-electron chi connectivity index (χ0n) is 12.1. The van der Waals surface area contributed by atoms with Gasteiger partial charge in [-0.3, -0.25) is 8.98 Å². The molecule has 0 aliphatic heterocycles. The quantitative estimate of drug-likeness (QED) is 0.518. The summed E-state index contributed by atoms with van der Waals surface area (Å²) in [5.74, 6) is -0.168. The number of aryl methyl sites for hydroxylation is 1. The second-order valence-electron chi connectivity index (χ2n) is 4.83. The number of carbonyl (C=O) groups excluding carboxylic acids is 1. The molecule has 112 valence electrons. The van der Waals surface area contributed by atoms with Crippen LogP contribution >= 0.6 is 0 Å². The first-order valence-electron chi connectivity index (χ1n) is 6.94. The van der Waals surface area contributed by atoms with Gasteiger partial charge < -0.3 is 0 Å². The molecule has 20 heavy (non-hydrogen) atoms. The number of benzene rings is 1. The van der Waals surface area contributed by atoms with E-state index < -0.39 is 10.1 Å². The van der Waals surface area contributed by atoms with Gasteiger partial charge in [0, 0.05) is 6.42 Å². The van der Waals surface area contributed by atoms with Crippen LogP contribution in [0, 0.1) is 6.92 Å². The summed E-state index contributed by atoms with van der Waals surface area (Å²) in [4.78, 5) is 11.7. The second kappa shape index (κ2) is 8.17. The van der Waals surface area contributed by atoms with Crippen molar-refractivity contribution in [2.75, 3.05) is 6.61 Å². The van der Waals surface area contributed by atoms with Gasteiger partial charge in [0.1, 0.15) is 6.61 Å². The Hall–Kier alpha value is -1.20. The summed E-state index contributed by atoms with van der Waals surface area (Å²) in [6.07, 6.45) is 4.36. The number of hydrogen-bond acceptors (Lipinski definition) is 4. The SMILES string of the molecule is CCCCCCC(=O)COS(=O)(=O)c1ccccc1C. The van der Waals surface area contributed by atoms with Gasteiger partial charge in [0.05, 0.1) is 4.90 Å². The molecule has 4 nitrogen and oxygen atoms in total. The largest absolute Gasteiger partial charge is 0.297 e. The number of unbranched alkanes of at least 4 members (excludes halogenated alkanes) is 3. The fourth-order valence-corrected chi connectivity index (χ4v) is 2.99. The minimum atomic E-state index is -3.84. The van der Waals surface area contributed by atoms with Gasteiger partial charge in [-0.1, -0.05) is 44.4 Å². The Bertz CT molecular complexity index is 535. The molecule has 5 heteroatoms. The van der Waals surface area contributed by atoms with Crippen molar-refractivity contribution in [3.63, 3.8) is 0 Å². The molecule has 0 aliphatic carbocycles. The molecule has 0 unspecified atom stereocenters. The predicted molar refractivity (Wildman–Crippen MR) is 78.1 cm³/mol. The fraction of sp³-hybridized carbons (Fsp3) is 0.533. The van der Waals surface area contributed by atoms with Crippen LogP contribution in [-0.4, -0.2) is 20.8 Å². The standard InChI is InChI=1S/C15H22O4S/c1-3-4-5-6-10-14(16)12-19-20(17,18)15-11-8-7-9-13(15)2/h7-9,11H,3-6,10,12H2,1-2H3. The maximum Gasteiger partial charge on any atom is 0.297 e. The van der Waals surface area contributed by atoms with E-state index >= 15 is 0 Å². The van der Waals surface area contributed by atoms with Gasteiger partial charge in [0.25, 0.3) is 10.1 Å². The Kier molecular flexibility index (Phi) is 6.88. The minimum Gasteiger partial charge on any atom is -0.297 e. The molecule has 0 amide bonds.